The first-order valence-corrected chi connectivity index (χ1v) is 7.18. The van der Waals surface area contributed by atoms with Crippen LogP contribution in [0.15, 0.2) is 24.3 Å². The van der Waals surface area contributed by atoms with Gasteiger partial charge in [-0.2, -0.15) is 5.10 Å². The van der Waals surface area contributed by atoms with E-state index in [1.165, 1.54) is 0 Å². The van der Waals surface area contributed by atoms with Crippen molar-refractivity contribution in [2.45, 2.75) is 39.8 Å². The van der Waals surface area contributed by atoms with Gasteiger partial charge < -0.3 is 0 Å². The van der Waals surface area contributed by atoms with E-state index >= 15 is 0 Å². The van der Waals surface area contributed by atoms with Gasteiger partial charge >= 0.3 is 0 Å². The Morgan fingerprint density at radius 3 is 2.70 bits per heavy atom. The van der Waals surface area contributed by atoms with E-state index in [2.05, 4.69) is 35.6 Å². The summed E-state index contributed by atoms with van der Waals surface area (Å²) in [5, 5.41) is 5.25. The number of nitrogens with one attached hydrogen (secondary N) is 1. The first-order chi connectivity index (χ1) is 9.55. The molecule has 0 amide bonds. The lowest BCUT2D eigenvalue weighted by molar-refractivity contribution is 0.490. The maximum atomic E-state index is 6.31. The number of hydrogen-bond acceptors (Lipinski definition) is 3. The molecule has 4 nitrogen and oxygen atoms in total. The quantitative estimate of drug-likeness (QED) is 0.658. The molecule has 1 unspecified atom stereocenters. The van der Waals surface area contributed by atoms with Crippen molar-refractivity contribution in [3.05, 3.63) is 51.8 Å². The molecule has 0 saturated carbocycles. The summed E-state index contributed by atoms with van der Waals surface area (Å²) in [6, 6.07) is 8.16. The van der Waals surface area contributed by atoms with Gasteiger partial charge in [-0.3, -0.25) is 16.0 Å². The molecular formula is C15H21ClN4. The van der Waals surface area contributed by atoms with E-state index in [0.717, 1.165) is 40.5 Å². The van der Waals surface area contributed by atoms with Crippen LogP contribution in [0.4, 0.5) is 0 Å². The molecule has 0 fully saturated rings. The van der Waals surface area contributed by atoms with Crippen LogP contribution >= 0.6 is 11.6 Å². The first-order valence-electron chi connectivity index (χ1n) is 6.80. The van der Waals surface area contributed by atoms with E-state index in [-0.39, 0.29) is 6.04 Å². The number of halogens is 1. The third-order valence-corrected chi connectivity index (χ3v) is 3.78. The Hall–Kier alpha value is -1.36. The second-order valence-electron chi connectivity index (χ2n) is 5.04. The summed E-state index contributed by atoms with van der Waals surface area (Å²) in [5.41, 5.74) is 7.20. The summed E-state index contributed by atoms with van der Waals surface area (Å²) >= 11 is 6.31. The summed E-state index contributed by atoms with van der Waals surface area (Å²) in [5.74, 6) is 5.73. The Balaban J connectivity index is 2.28. The van der Waals surface area contributed by atoms with Gasteiger partial charge in [-0.15, -0.1) is 0 Å². The summed E-state index contributed by atoms with van der Waals surface area (Å²) in [7, 11) is 0. The molecule has 1 heterocycles. The minimum absolute atomic E-state index is 0.00337. The third kappa shape index (κ3) is 3.20. The fraction of sp³-hybridized carbons (Fsp3) is 0.400. The molecule has 0 aliphatic rings. The highest BCUT2D eigenvalue weighted by atomic mass is 35.5. The zero-order valence-corrected chi connectivity index (χ0v) is 12.9. The van der Waals surface area contributed by atoms with E-state index in [1.54, 1.807) is 0 Å². The second-order valence-corrected chi connectivity index (χ2v) is 5.45. The molecule has 20 heavy (non-hydrogen) atoms. The maximum absolute atomic E-state index is 6.31. The van der Waals surface area contributed by atoms with Gasteiger partial charge in [0.15, 0.2) is 0 Å². The lowest BCUT2D eigenvalue weighted by Crippen LogP contribution is -2.31. The highest BCUT2D eigenvalue weighted by Crippen LogP contribution is 2.24. The molecule has 0 spiro atoms. The lowest BCUT2D eigenvalue weighted by atomic mass is 10.0. The Bertz CT molecular complexity index is 592. The van der Waals surface area contributed by atoms with Gasteiger partial charge in [0, 0.05) is 11.6 Å². The van der Waals surface area contributed by atoms with E-state index in [1.807, 2.05) is 24.6 Å². The predicted octanol–water partition coefficient (Wildman–Crippen LogP) is 2.92. The molecular weight excluding hydrogens is 272 g/mol. The molecule has 1 aromatic heterocycles. The molecule has 0 radical (unpaired) electrons. The second kappa shape index (κ2) is 6.39. The number of benzene rings is 1. The number of rotatable bonds is 5. The van der Waals surface area contributed by atoms with Crippen LogP contribution in [0.25, 0.3) is 0 Å². The van der Waals surface area contributed by atoms with Crippen LogP contribution < -0.4 is 11.3 Å². The number of hydrogen-bond donors (Lipinski definition) is 2. The fourth-order valence-corrected chi connectivity index (χ4v) is 2.70. The molecule has 2 rings (SSSR count). The normalized spacial score (nSPS) is 12.7. The fourth-order valence-electron chi connectivity index (χ4n) is 2.39. The lowest BCUT2D eigenvalue weighted by Gasteiger charge is -2.18. The molecule has 108 valence electrons. The Kier molecular flexibility index (Phi) is 4.81. The Morgan fingerprint density at radius 2 is 2.10 bits per heavy atom. The Labute approximate surface area is 124 Å². The van der Waals surface area contributed by atoms with E-state index in [4.69, 9.17) is 17.4 Å². The number of aryl methyl sites for hydroxylation is 3. The zero-order valence-electron chi connectivity index (χ0n) is 12.2. The van der Waals surface area contributed by atoms with Gasteiger partial charge in [-0.1, -0.05) is 23.7 Å². The van der Waals surface area contributed by atoms with Crippen LogP contribution in [0.5, 0.6) is 0 Å². The van der Waals surface area contributed by atoms with E-state index in [9.17, 15) is 0 Å². The van der Waals surface area contributed by atoms with Crippen LogP contribution in [0.2, 0.25) is 5.02 Å². The topological polar surface area (TPSA) is 55.9 Å². The van der Waals surface area contributed by atoms with Gasteiger partial charge in [0.05, 0.1) is 17.4 Å². The number of nitrogens with two attached hydrogens (primary N) is 1. The molecule has 0 saturated heterocycles. The number of aromatic nitrogens is 2. The summed E-state index contributed by atoms with van der Waals surface area (Å²) in [6.07, 6.45) is 0.737. The van der Waals surface area contributed by atoms with Gasteiger partial charge in [0.1, 0.15) is 0 Å². The van der Waals surface area contributed by atoms with Crippen LogP contribution in [0, 0.1) is 13.8 Å². The predicted molar refractivity (Wildman–Crippen MR) is 82.6 cm³/mol. The highest BCUT2D eigenvalue weighted by Gasteiger charge is 2.17. The largest absolute Gasteiger partial charge is 0.271 e. The molecule has 3 N–H and O–H groups in total. The molecule has 2 aromatic rings. The van der Waals surface area contributed by atoms with Crippen LogP contribution in [-0.4, -0.2) is 9.78 Å². The summed E-state index contributed by atoms with van der Waals surface area (Å²) < 4.78 is 1.97. The van der Waals surface area contributed by atoms with Crippen molar-refractivity contribution >= 4 is 11.6 Å². The SMILES string of the molecule is CCn1nc(C)cc1C(Cc1ccc(C)cc1Cl)NN. The molecule has 1 atom stereocenters. The van der Waals surface area contributed by atoms with Crippen molar-refractivity contribution in [1.29, 1.82) is 0 Å². The van der Waals surface area contributed by atoms with Crippen molar-refractivity contribution < 1.29 is 0 Å². The molecule has 0 aliphatic carbocycles. The van der Waals surface area contributed by atoms with Crippen molar-refractivity contribution in [1.82, 2.24) is 15.2 Å². The standard InChI is InChI=1S/C15H21ClN4/c1-4-20-15(8-11(3)19-20)14(18-17)9-12-6-5-10(2)7-13(12)16/h5-8,14,18H,4,9,17H2,1-3H3. The molecule has 0 bridgehead atoms. The number of nitrogens with zero attached hydrogens (tertiary/aromatic N) is 2. The minimum atomic E-state index is -0.00337. The smallest absolute Gasteiger partial charge is 0.0669 e. The van der Waals surface area contributed by atoms with Crippen LogP contribution in [-0.2, 0) is 13.0 Å². The third-order valence-electron chi connectivity index (χ3n) is 3.42. The van der Waals surface area contributed by atoms with Crippen LogP contribution in [0.1, 0.15) is 35.5 Å². The van der Waals surface area contributed by atoms with Gasteiger partial charge in [0.2, 0.25) is 0 Å². The maximum Gasteiger partial charge on any atom is 0.0669 e. The minimum Gasteiger partial charge on any atom is -0.271 e. The average Bonchev–Trinajstić information content (AvgIpc) is 2.79. The van der Waals surface area contributed by atoms with Crippen molar-refractivity contribution in [3.63, 3.8) is 0 Å². The number of hydrazine groups is 1. The first kappa shape index (κ1) is 15.0. The zero-order chi connectivity index (χ0) is 14.7. The van der Waals surface area contributed by atoms with E-state index < -0.39 is 0 Å². The van der Waals surface area contributed by atoms with Gasteiger partial charge in [-0.25, -0.2) is 0 Å². The molecule has 5 heteroatoms. The summed E-state index contributed by atoms with van der Waals surface area (Å²) in [6.45, 7) is 6.91. The van der Waals surface area contributed by atoms with Crippen molar-refractivity contribution in [2.24, 2.45) is 5.84 Å². The molecule has 0 aliphatic heterocycles. The molecule has 1 aromatic carbocycles. The Morgan fingerprint density at radius 1 is 1.35 bits per heavy atom. The van der Waals surface area contributed by atoms with Crippen LogP contribution in [0.3, 0.4) is 0 Å². The average molecular weight is 293 g/mol. The van der Waals surface area contributed by atoms with Gasteiger partial charge in [0.25, 0.3) is 0 Å². The van der Waals surface area contributed by atoms with Crippen molar-refractivity contribution in [2.75, 3.05) is 0 Å². The van der Waals surface area contributed by atoms with E-state index in [0.29, 0.717) is 0 Å². The van der Waals surface area contributed by atoms with Crippen molar-refractivity contribution in [3.8, 4) is 0 Å². The highest BCUT2D eigenvalue weighted by molar-refractivity contribution is 6.31. The monoisotopic (exact) mass is 292 g/mol. The van der Waals surface area contributed by atoms with Gasteiger partial charge in [-0.05, 0) is 50.5 Å². The summed E-state index contributed by atoms with van der Waals surface area (Å²) in [4.78, 5) is 0.